The summed E-state index contributed by atoms with van der Waals surface area (Å²) >= 11 is 0. The number of nitrogens with one attached hydrogen (secondary N) is 2. The van der Waals surface area contributed by atoms with Crippen molar-refractivity contribution in [3.8, 4) is 5.75 Å². The minimum Gasteiger partial charge on any atom is -0.496 e. The summed E-state index contributed by atoms with van der Waals surface area (Å²) < 4.78 is 5.19. The Kier molecular flexibility index (Phi) is 3.73. The summed E-state index contributed by atoms with van der Waals surface area (Å²) in [5.41, 5.74) is 1.16. The van der Waals surface area contributed by atoms with Crippen LogP contribution >= 0.6 is 0 Å². The molecule has 5 nitrogen and oxygen atoms in total. The summed E-state index contributed by atoms with van der Waals surface area (Å²) in [6.45, 7) is 0. The zero-order valence-electron chi connectivity index (χ0n) is 11.8. The number of methoxy groups -OCH3 is 1. The summed E-state index contributed by atoms with van der Waals surface area (Å²) in [6.07, 6.45) is 4.06. The summed E-state index contributed by atoms with van der Waals surface area (Å²) in [7, 11) is 1.55. The molecule has 0 aliphatic heterocycles. The van der Waals surface area contributed by atoms with Gasteiger partial charge in [0.25, 0.3) is 5.91 Å². The first kappa shape index (κ1) is 13.4. The number of rotatable bonds is 5. The number of ether oxygens (including phenoxy) is 1. The van der Waals surface area contributed by atoms with Crippen LogP contribution in [0.1, 0.15) is 23.2 Å². The standard InChI is InChI=1S/C16H17N3O2/c1-21-14-5-3-2-4-13(14)16(20)19-12-8-9-15(17-10-12)18-11-6-7-11/h2-5,8-11H,6-7H2,1H3,(H,17,18)(H,19,20). The molecule has 3 rings (SSSR count). The average molecular weight is 283 g/mol. The van der Waals surface area contributed by atoms with Gasteiger partial charge < -0.3 is 15.4 Å². The van der Waals surface area contributed by atoms with Gasteiger partial charge in [0, 0.05) is 6.04 Å². The Bertz CT molecular complexity index is 636. The second-order valence-electron chi connectivity index (χ2n) is 5.01. The van der Waals surface area contributed by atoms with Crippen molar-refractivity contribution in [3.63, 3.8) is 0 Å². The maximum atomic E-state index is 12.2. The highest BCUT2D eigenvalue weighted by atomic mass is 16.5. The Morgan fingerprint density at radius 2 is 2.05 bits per heavy atom. The van der Waals surface area contributed by atoms with Crippen molar-refractivity contribution in [1.29, 1.82) is 0 Å². The first-order valence-electron chi connectivity index (χ1n) is 6.93. The number of carbonyl (C=O) groups excluding carboxylic acids is 1. The van der Waals surface area contributed by atoms with E-state index in [0.29, 0.717) is 23.0 Å². The summed E-state index contributed by atoms with van der Waals surface area (Å²) in [6, 6.07) is 11.4. The van der Waals surface area contributed by atoms with E-state index in [1.54, 1.807) is 31.5 Å². The molecule has 1 aromatic heterocycles. The van der Waals surface area contributed by atoms with E-state index in [9.17, 15) is 4.79 Å². The van der Waals surface area contributed by atoms with Gasteiger partial charge in [0.1, 0.15) is 11.6 Å². The molecule has 108 valence electrons. The summed E-state index contributed by atoms with van der Waals surface area (Å²) in [5.74, 6) is 1.18. The zero-order valence-corrected chi connectivity index (χ0v) is 11.8. The molecular formula is C16H17N3O2. The van der Waals surface area contributed by atoms with Gasteiger partial charge in [0.05, 0.1) is 24.6 Å². The third kappa shape index (κ3) is 3.31. The molecule has 0 atom stereocenters. The van der Waals surface area contributed by atoms with E-state index < -0.39 is 0 Å². The van der Waals surface area contributed by atoms with Gasteiger partial charge in [-0.1, -0.05) is 12.1 Å². The number of benzene rings is 1. The van der Waals surface area contributed by atoms with Gasteiger partial charge in [-0.05, 0) is 37.1 Å². The van der Waals surface area contributed by atoms with Crippen LogP contribution in [0.3, 0.4) is 0 Å². The number of amides is 1. The van der Waals surface area contributed by atoms with E-state index in [1.807, 2.05) is 18.2 Å². The van der Waals surface area contributed by atoms with Crippen LogP contribution < -0.4 is 15.4 Å². The molecule has 2 N–H and O–H groups in total. The van der Waals surface area contributed by atoms with E-state index in [-0.39, 0.29) is 5.91 Å². The van der Waals surface area contributed by atoms with E-state index in [2.05, 4.69) is 15.6 Å². The highest BCUT2D eigenvalue weighted by Crippen LogP contribution is 2.24. The number of hydrogen-bond acceptors (Lipinski definition) is 4. The molecule has 2 aromatic rings. The smallest absolute Gasteiger partial charge is 0.259 e. The maximum absolute atomic E-state index is 12.2. The lowest BCUT2D eigenvalue weighted by atomic mass is 10.2. The Morgan fingerprint density at radius 1 is 1.24 bits per heavy atom. The summed E-state index contributed by atoms with van der Waals surface area (Å²) in [5, 5.41) is 6.12. The van der Waals surface area contributed by atoms with Crippen molar-refractivity contribution in [3.05, 3.63) is 48.2 Å². The van der Waals surface area contributed by atoms with Gasteiger partial charge in [0.15, 0.2) is 0 Å². The lowest BCUT2D eigenvalue weighted by Gasteiger charge is -2.09. The van der Waals surface area contributed by atoms with E-state index >= 15 is 0 Å². The van der Waals surface area contributed by atoms with Gasteiger partial charge in [-0.15, -0.1) is 0 Å². The molecule has 1 heterocycles. The van der Waals surface area contributed by atoms with E-state index in [0.717, 1.165) is 5.82 Å². The van der Waals surface area contributed by atoms with Crippen molar-refractivity contribution >= 4 is 17.4 Å². The van der Waals surface area contributed by atoms with Crippen molar-refractivity contribution in [2.24, 2.45) is 0 Å². The zero-order chi connectivity index (χ0) is 14.7. The molecule has 1 aliphatic carbocycles. The van der Waals surface area contributed by atoms with Crippen molar-refractivity contribution in [1.82, 2.24) is 4.98 Å². The third-order valence-electron chi connectivity index (χ3n) is 3.30. The molecule has 1 amide bonds. The molecule has 0 spiro atoms. The van der Waals surface area contributed by atoms with E-state index in [1.165, 1.54) is 12.8 Å². The molecule has 5 heteroatoms. The number of para-hydroxylation sites is 1. The Morgan fingerprint density at radius 3 is 2.71 bits per heavy atom. The van der Waals surface area contributed by atoms with Crippen LogP contribution in [0.2, 0.25) is 0 Å². The predicted molar refractivity (Wildman–Crippen MR) is 81.8 cm³/mol. The average Bonchev–Trinajstić information content (AvgIpc) is 3.33. The molecule has 21 heavy (non-hydrogen) atoms. The number of aromatic nitrogens is 1. The van der Waals surface area contributed by atoms with Gasteiger partial charge >= 0.3 is 0 Å². The van der Waals surface area contributed by atoms with Crippen molar-refractivity contribution in [2.45, 2.75) is 18.9 Å². The normalized spacial score (nSPS) is 13.6. The first-order chi connectivity index (χ1) is 10.3. The molecule has 1 saturated carbocycles. The maximum Gasteiger partial charge on any atom is 0.259 e. The fourth-order valence-electron chi connectivity index (χ4n) is 2.02. The molecule has 0 saturated heterocycles. The monoisotopic (exact) mass is 283 g/mol. The van der Waals surface area contributed by atoms with Gasteiger partial charge in [0.2, 0.25) is 0 Å². The minimum absolute atomic E-state index is 0.211. The second kappa shape index (κ2) is 5.83. The molecule has 1 fully saturated rings. The predicted octanol–water partition coefficient (Wildman–Crippen LogP) is 2.92. The number of hydrogen-bond donors (Lipinski definition) is 2. The number of nitrogens with zero attached hydrogens (tertiary/aromatic N) is 1. The van der Waals surface area contributed by atoms with Crippen LogP contribution in [-0.2, 0) is 0 Å². The highest BCUT2D eigenvalue weighted by Gasteiger charge is 2.21. The fraction of sp³-hybridized carbons (Fsp3) is 0.250. The quantitative estimate of drug-likeness (QED) is 0.885. The minimum atomic E-state index is -0.211. The van der Waals surface area contributed by atoms with Crippen LogP contribution in [0.25, 0.3) is 0 Å². The highest BCUT2D eigenvalue weighted by molar-refractivity contribution is 6.06. The van der Waals surface area contributed by atoms with Crippen LogP contribution in [0.15, 0.2) is 42.6 Å². The molecular weight excluding hydrogens is 266 g/mol. The molecule has 1 aromatic carbocycles. The van der Waals surface area contributed by atoms with Crippen molar-refractivity contribution in [2.75, 3.05) is 17.7 Å². The topological polar surface area (TPSA) is 63.2 Å². The Hall–Kier alpha value is -2.56. The van der Waals surface area contributed by atoms with Gasteiger partial charge in [-0.2, -0.15) is 0 Å². The SMILES string of the molecule is COc1ccccc1C(=O)Nc1ccc(NC2CC2)nc1. The Balaban J connectivity index is 1.68. The van der Waals surface area contributed by atoms with E-state index in [4.69, 9.17) is 4.74 Å². The van der Waals surface area contributed by atoms with Gasteiger partial charge in [-0.3, -0.25) is 4.79 Å². The Labute approximate surface area is 123 Å². The summed E-state index contributed by atoms with van der Waals surface area (Å²) in [4.78, 5) is 16.5. The largest absolute Gasteiger partial charge is 0.496 e. The second-order valence-corrected chi connectivity index (χ2v) is 5.01. The van der Waals surface area contributed by atoms with Gasteiger partial charge in [-0.25, -0.2) is 4.98 Å². The lowest BCUT2D eigenvalue weighted by Crippen LogP contribution is -2.13. The number of anilines is 2. The third-order valence-corrected chi connectivity index (χ3v) is 3.30. The molecule has 0 bridgehead atoms. The first-order valence-corrected chi connectivity index (χ1v) is 6.93. The number of pyridine rings is 1. The fourth-order valence-corrected chi connectivity index (χ4v) is 2.02. The molecule has 0 unspecified atom stereocenters. The lowest BCUT2D eigenvalue weighted by molar-refractivity contribution is 0.102. The molecule has 1 aliphatic rings. The van der Waals surface area contributed by atoms with Crippen LogP contribution in [0.4, 0.5) is 11.5 Å². The van der Waals surface area contributed by atoms with Crippen LogP contribution in [-0.4, -0.2) is 24.0 Å². The number of carbonyl (C=O) groups is 1. The van der Waals surface area contributed by atoms with Crippen LogP contribution in [0.5, 0.6) is 5.75 Å². The molecule has 0 radical (unpaired) electrons. The van der Waals surface area contributed by atoms with Crippen LogP contribution in [0, 0.1) is 0 Å². The van der Waals surface area contributed by atoms with Crippen molar-refractivity contribution < 1.29 is 9.53 Å².